The lowest BCUT2D eigenvalue weighted by Crippen LogP contribution is -2.19. The van der Waals surface area contributed by atoms with Gasteiger partial charge < -0.3 is 9.64 Å². The van der Waals surface area contributed by atoms with E-state index in [2.05, 4.69) is 47.3 Å². The fourth-order valence-corrected chi connectivity index (χ4v) is 5.23. The van der Waals surface area contributed by atoms with Gasteiger partial charge in [-0.3, -0.25) is 4.79 Å². The maximum Gasteiger partial charge on any atom is 0.271 e. The Morgan fingerprint density at radius 1 is 1.06 bits per heavy atom. The number of nitrogens with one attached hydrogen (secondary N) is 1. The van der Waals surface area contributed by atoms with Crippen LogP contribution < -0.4 is 15.1 Å². The van der Waals surface area contributed by atoms with Crippen LogP contribution in [0.4, 0.5) is 5.69 Å². The first-order valence-corrected chi connectivity index (χ1v) is 12.5. The Bertz CT molecular complexity index is 1140. The summed E-state index contributed by atoms with van der Waals surface area (Å²) < 4.78 is 7.46. The molecule has 0 radical (unpaired) electrons. The molecule has 3 aromatic carbocycles. The van der Waals surface area contributed by atoms with E-state index in [1.54, 1.807) is 6.21 Å². The number of halogens is 3. The van der Waals surface area contributed by atoms with E-state index in [0.717, 1.165) is 38.8 Å². The van der Waals surface area contributed by atoms with Crippen LogP contribution in [0.3, 0.4) is 0 Å². The summed E-state index contributed by atoms with van der Waals surface area (Å²) >= 11 is 13.3. The summed E-state index contributed by atoms with van der Waals surface area (Å²) in [4.78, 5) is 14.7. The molecular formula is C25H22Br2ClN3O2. The molecule has 1 heterocycles. The summed E-state index contributed by atoms with van der Waals surface area (Å²) in [6.07, 6.45) is 4.03. The van der Waals surface area contributed by atoms with Crippen LogP contribution >= 0.6 is 43.5 Å². The van der Waals surface area contributed by atoms with E-state index in [4.69, 9.17) is 16.3 Å². The number of ether oxygens (including phenoxy) is 1. The standard InChI is InChI=1S/C25H22Br2ClN3O2/c26-21-13-17(14-22(27)24(21)33-16-19-5-1-2-6-23(19)28)15-29-30-25(32)18-7-9-20(10-8-18)31-11-3-4-12-31/h1-2,5-10,13-15H,3-4,11-12,16H2,(H,30,32)/b29-15-. The van der Waals surface area contributed by atoms with Crippen molar-refractivity contribution in [3.63, 3.8) is 0 Å². The second-order valence-corrected chi connectivity index (χ2v) is 9.75. The molecule has 0 aromatic heterocycles. The van der Waals surface area contributed by atoms with E-state index < -0.39 is 0 Å². The number of benzene rings is 3. The number of anilines is 1. The SMILES string of the molecule is O=C(N/N=C\c1cc(Br)c(OCc2ccccc2Cl)c(Br)c1)c1ccc(N2CCCC2)cc1. The van der Waals surface area contributed by atoms with Crippen molar-refractivity contribution < 1.29 is 9.53 Å². The Hall–Kier alpha value is -2.35. The van der Waals surface area contributed by atoms with Crippen LogP contribution in [0.25, 0.3) is 0 Å². The van der Waals surface area contributed by atoms with Gasteiger partial charge in [-0.1, -0.05) is 29.8 Å². The van der Waals surface area contributed by atoms with Crippen LogP contribution in [0.15, 0.2) is 74.7 Å². The third-order valence-electron chi connectivity index (χ3n) is 5.33. The maximum atomic E-state index is 12.4. The third kappa shape index (κ3) is 6.16. The quantitative estimate of drug-likeness (QED) is 0.243. The average molecular weight is 592 g/mol. The van der Waals surface area contributed by atoms with Crippen LogP contribution in [0.5, 0.6) is 5.75 Å². The molecule has 0 spiro atoms. The summed E-state index contributed by atoms with van der Waals surface area (Å²) in [5, 5.41) is 4.76. The van der Waals surface area contributed by atoms with Crippen LogP contribution in [0.1, 0.15) is 34.3 Å². The highest BCUT2D eigenvalue weighted by molar-refractivity contribution is 9.11. The molecule has 1 aliphatic rings. The molecule has 0 unspecified atom stereocenters. The molecular weight excluding hydrogens is 570 g/mol. The highest BCUT2D eigenvalue weighted by Gasteiger charge is 2.13. The van der Waals surface area contributed by atoms with Crippen molar-refractivity contribution in [3.05, 3.63) is 91.3 Å². The lowest BCUT2D eigenvalue weighted by atomic mass is 10.2. The smallest absolute Gasteiger partial charge is 0.271 e. The first-order valence-electron chi connectivity index (χ1n) is 10.5. The maximum absolute atomic E-state index is 12.4. The Morgan fingerprint density at radius 2 is 1.73 bits per heavy atom. The molecule has 1 fully saturated rings. The first-order chi connectivity index (χ1) is 16.0. The van der Waals surface area contributed by atoms with Gasteiger partial charge in [-0.05, 0) is 92.7 Å². The van der Waals surface area contributed by atoms with Gasteiger partial charge in [-0.2, -0.15) is 5.10 Å². The average Bonchev–Trinajstić information content (AvgIpc) is 3.35. The second kappa shape index (κ2) is 11.2. The van der Waals surface area contributed by atoms with Gasteiger partial charge in [0.05, 0.1) is 15.2 Å². The number of carbonyl (C=O) groups is 1. The van der Waals surface area contributed by atoms with Gasteiger partial charge in [0.25, 0.3) is 5.91 Å². The number of amides is 1. The van der Waals surface area contributed by atoms with E-state index in [9.17, 15) is 4.79 Å². The summed E-state index contributed by atoms with van der Waals surface area (Å²) in [6, 6.07) is 18.9. The minimum absolute atomic E-state index is 0.253. The fourth-order valence-electron chi connectivity index (χ4n) is 3.59. The van der Waals surface area contributed by atoms with Crippen molar-refractivity contribution in [2.75, 3.05) is 18.0 Å². The first kappa shape index (κ1) is 23.8. The Kier molecular flexibility index (Phi) is 8.06. The highest BCUT2D eigenvalue weighted by Crippen LogP contribution is 2.35. The van der Waals surface area contributed by atoms with Crippen LogP contribution in [0, 0.1) is 0 Å². The minimum Gasteiger partial charge on any atom is -0.486 e. The lowest BCUT2D eigenvalue weighted by molar-refractivity contribution is 0.0955. The molecule has 0 aliphatic carbocycles. The highest BCUT2D eigenvalue weighted by atomic mass is 79.9. The van der Waals surface area contributed by atoms with Gasteiger partial charge in [0.2, 0.25) is 0 Å². The molecule has 4 rings (SSSR count). The van der Waals surface area contributed by atoms with Crippen molar-refractivity contribution in [3.8, 4) is 5.75 Å². The zero-order valence-corrected chi connectivity index (χ0v) is 21.7. The predicted octanol–water partition coefficient (Wildman–Crippen LogP) is 6.81. The predicted molar refractivity (Wildman–Crippen MR) is 141 cm³/mol. The van der Waals surface area contributed by atoms with Crippen molar-refractivity contribution in [1.29, 1.82) is 0 Å². The molecule has 0 saturated carbocycles. The topological polar surface area (TPSA) is 53.9 Å². The summed E-state index contributed by atoms with van der Waals surface area (Å²) in [5.41, 5.74) is 6.00. The van der Waals surface area contributed by atoms with E-state index in [1.807, 2.05) is 60.7 Å². The molecule has 1 saturated heterocycles. The lowest BCUT2D eigenvalue weighted by Gasteiger charge is -2.17. The molecule has 1 amide bonds. The molecule has 170 valence electrons. The summed E-state index contributed by atoms with van der Waals surface area (Å²) in [7, 11) is 0. The van der Waals surface area contributed by atoms with Crippen molar-refractivity contribution in [2.24, 2.45) is 5.10 Å². The normalized spacial score (nSPS) is 13.5. The zero-order valence-electron chi connectivity index (χ0n) is 17.7. The molecule has 3 aromatic rings. The fraction of sp³-hybridized carbons (Fsp3) is 0.200. The zero-order chi connectivity index (χ0) is 23.2. The van der Waals surface area contributed by atoms with Crippen molar-refractivity contribution in [2.45, 2.75) is 19.4 Å². The minimum atomic E-state index is -0.253. The van der Waals surface area contributed by atoms with Crippen LogP contribution in [0.2, 0.25) is 5.02 Å². The third-order valence-corrected chi connectivity index (χ3v) is 6.88. The number of nitrogens with zero attached hydrogens (tertiary/aromatic N) is 2. The van der Waals surface area contributed by atoms with E-state index >= 15 is 0 Å². The number of hydrogen-bond donors (Lipinski definition) is 1. The molecule has 0 atom stereocenters. The Labute approximate surface area is 215 Å². The summed E-state index contributed by atoms with van der Waals surface area (Å²) in [6.45, 7) is 2.49. The molecule has 33 heavy (non-hydrogen) atoms. The van der Waals surface area contributed by atoms with E-state index in [0.29, 0.717) is 22.9 Å². The van der Waals surface area contributed by atoms with Gasteiger partial charge >= 0.3 is 0 Å². The van der Waals surface area contributed by atoms with Gasteiger partial charge in [0, 0.05) is 34.9 Å². The van der Waals surface area contributed by atoms with Gasteiger partial charge in [-0.25, -0.2) is 5.43 Å². The van der Waals surface area contributed by atoms with Crippen molar-refractivity contribution in [1.82, 2.24) is 5.43 Å². The van der Waals surface area contributed by atoms with Gasteiger partial charge in [0.15, 0.2) is 0 Å². The molecule has 1 aliphatic heterocycles. The Morgan fingerprint density at radius 3 is 2.39 bits per heavy atom. The second-order valence-electron chi connectivity index (χ2n) is 7.63. The molecule has 0 bridgehead atoms. The van der Waals surface area contributed by atoms with Crippen molar-refractivity contribution >= 4 is 61.3 Å². The largest absolute Gasteiger partial charge is 0.486 e. The summed E-state index contributed by atoms with van der Waals surface area (Å²) in [5.74, 6) is 0.409. The number of hydrazone groups is 1. The number of rotatable bonds is 7. The number of carbonyl (C=O) groups excluding carboxylic acids is 1. The molecule has 5 nitrogen and oxygen atoms in total. The monoisotopic (exact) mass is 589 g/mol. The van der Waals surface area contributed by atoms with E-state index in [-0.39, 0.29) is 5.91 Å². The van der Waals surface area contributed by atoms with Gasteiger partial charge in [-0.15, -0.1) is 0 Å². The molecule has 1 N–H and O–H groups in total. The van der Waals surface area contributed by atoms with Gasteiger partial charge in [0.1, 0.15) is 12.4 Å². The molecule has 8 heteroatoms. The van der Waals surface area contributed by atoms with E-state index in [1.165, 1.54) is 12.8 Å². The van der Waals surface area contributed by atoms with Crippen LogP contribution in [-0.4, -0.2) is 25.2 Å². The number of hydrogen-bond acceptors (Lipinski definition) is 4. The Balaban J connectivity index is 1.36. The van der Waals surface area contributed by atoms with Crippen LogP contribution in [-0.2, 0) is 6.61 Å².